The first-order valence-electron chi connectivity index (χ1n) is 48.3. The molecule has 31 rings (SSSR count). The molecule has 670 valence electrons. The topological polar surface area (TPSA) is 136 Å². The van der Waals surface area contributed by atoms with Crippen LogP contribution in [0.5, 0.6) is 0 Å². The number of fused-ring (bicyclic) bond motifs is 30. The second-order valence-electron chi connectivity index (χ2n) is 37.4. The molecular weight excluding hydrogens is 1770 g/mol. The summed E-state index contributed by atoms with van der Waals surface area (Å²) in [6.45, 7) is 4.73. The van der Waals surface area contributed by atoms with E-state index in [2.05, 4.69) is 335 Å². The molecule has 1 aliphatic carbocycles. The average molecular weight is 1850 g/mol. The van der Waals surface area contributed by atoms with Crippen LogP contribution in [0.3, 0.4) is 0 Å². The maximum atomic E-state index is 6.31. The predicted octanol–water partition coefficient (Wildman–Crippen LogP) is 34.2. The van der Waals surface area contributed by atoms with Crippen molar-refractivity contribution < 1.29 is 13.3 Å². The zero-order valence-corrected chi connectivity index (χ0v) is 78.1. The smallest absolute Gasteiger partial charge is 0.231 e. The van der Waals surface area contributed by atoms with Crippen molar-refractivity contribution in [3.63, 3.8) is 0 Å². The standard InChI is InChI=1S/C46H28N4O.C43H29N3O.C40H23N3OS/c1-3-13-30(14-4-1)45-47-42(41-37-19-9-12-22-40(37)51-46(41)48-45)29-23-25-32(26-24-29)50-39-21-11-8-18-34(39)36-28-27-35-33-17-7-10-20-38(33)49(43(35)44(36)50)31-15-5-2-6-16-31;1-43(2)34-17-9-6-14-29(34)31-24-25-32-30-15-7-10-18-35(30)46(40(32)38(31)43)28-22-20-26(21-23-28)39-37-33-16-8-11-19-36(33)47-42(37)45-41(44-39)27-12-4-3-5-13-27;1-2-10-25(11-3-1)39-41-36(35-31-14-5-8-16-33(31)44-40(35)42-39)24-18-20-26(21-19-24)43-32-15-7-4-12-27(32)29-22-23-30-28-13-6-9-17-34(28)45-38(30)37(29)43/h1-28H;3-25H,1-2H3;1-23H. The van der Waals surface area contributed by atoms with Gasteiger partial charge in [-0.25, -0.2) is 15.0 Å². The highest BCUT2D eigenvalue weighted by molar-refractivity contribution is 7.26. The summed E-state index contributed by atoms with van der Waals surface area (Å²) in [5.41, 5.74) is 32.0. The third-order valence-corrected chi connectivity index (χ3v) is 30.2. The number of para-hydroxylation sites is 8. The Morgan fingerprint density at radius 3 is 0.930 bits per heavy atom. The second kappa shape index (κ2) is 32.2. The average Bonchev–Trinajstić information content (AvgIpc) is 1.51. The zero-order chi connectivity index (χ0) is 94.2. The number of nitrogens with zero attached hydrogens (tertiary/aromatic N) is 10. The summed E-state index contributed by atoms with van der Waals surface area (Å²) in [5, 5.41) is 18.4. The summed E-state index contributed by atoms with van der Waals surface area (Å²) in [5.74, 6) is 1.94. The molecular formula is C129H80N10O3S. The molecule has 11 aromatic heterocycles. The lowest BCUT2D eigenvalue weighted by Crippen LogP contribution is -2.16. The molecule has 0 amide bonds. The molecule has 1 aliphatic rings. The Labute approximate surface area is 821 Å². The largest absolute Gasteiger partial charge is 0.438 e. The van der Waals surface area contributed by atoms with Crippen LogP contribution in [0.15, 0.2) is 462 Å². The van der Waals surface area contributed by atoms with E-state index in [0.29, 0.717) is 34.6 Å². The predicted molar refractivity (Wildman–Crippen MR) is 588 cm³/mol. The fraction of sp³-hybridized carbons (Fsp3) is 0.0233. The summed E-state index contributed by atoms with van der Waals surface area (Å²) < 4.78 is 31.2. The van der Waals surface area contributed by atoms with Crippen LogP contribution >= 0.6 is 11.3 Å². The van der Waals surface area contributed by atoms with Gasteiger partial charge < -0.3 is 31.5 Å². The molecule has 0 N–H and O–H groups in total. The van der Waals surface area contributed by atoms with Crippen LogP contribution in [0.1, 0.15) is 25.0 Å². The van der Waals surface area contributed by atoms with E-state index < -0.39 is 0 Å². The van der Waals surface area contributed by atoms with Gasteiger partial charge in [0.25, 0.3) is 0 Å². The molecule has 0 spiro atoms. The van der Waals surface area contributed by atoms with Crippen LogP contribution in [0.25, 0.3) is 275 Å². The summed E-state index contributed by atoms with van der Waals surface area (Å²) in [6, 6.07) is 158. The minimum absolute atomic E-state index is 0.139. The molecule has 0 bridgehead atoms. The van der Waals surface area contributed by atoms with Crippen molar-refractivity contribution in [1.29, 1.82) is 0 Å². The Hall–Kier alpha value is -18.8. The quantitative estimate of drug-likeness (QED) is 0.131. The van der Waals surface area contributed by atoms with Crippen LogP contribution in [0.4, 0.5) is 0 Å². The minimum Gasteiger partial charge on any atom is -0.438 e. The molecule has 30 aromatic rings. The van der Waals surface area contributed by atoms with E-state index >= 15 is 0 Å². The van der Waals surface area contributed by atoms with Gasteiger partial charge in [0.15, 0.2) is 17.5 Å². The highest BCUT2D eigenvalue weighted by atomic mass is 32.1. The Morgan fingerprint density at radius 1 is 0.217 bits per heavy atom. The van der Waals surface area contributed by atoms with Gasteiger partial charge in [-0.1, -0.05) is 366 Å². The molecule has 0 fully saturated rings. The Morgan fingerprint density at radius 2 is 0.517 bits per heavy atom. The first kappa shape index (κ1) is 81.4. The van der Waals surface area contributed by atoms with E-state index in [1.807, 2.05) is 157 Å². The van der Waals surface area contributed by atoms with Crippen molar-refractivity contribution in [2.24, 2.45) is 0 Å². The zero-order valence-electron chi connectivity index (χ0n) is 77.3. The van der Waals surface area contributed by atoms with Crippen LogP contribution < -0.4 is 0 Å². The normalized spacial score (nSPS) is 12.5. The Bertz CT molecular complexity index is 10500. The highest BCUT2D eigenvalue weighted by Crippen LogP contribution is 2.55. The summed E-state index contributed by atoms with van der Waals surface area (Å²) in [4.78, 5) is 30.1. The van der Waals surface area contributed by atoms with Gasteiger partial charge in [-0.15, -0.1) is 11.3 Å². The van der Waals surface area contributed by atoms with Gasteiger partial charge in [0.1, 0.15) is 16.7 Å². The molecule has 0 saturated carbocycles. The van der Waals surface area contributed by atoms with Gasteiger partial charge in [0.05, 0.1) is 82.1 Å². The number of hydrogen-bond acceptors (Lipinski definition) is 10. The van der Waals surface area contributed by atoms with Gasteiger partial charge >= 0.3 is 0 Å². The lowest BCUT2D eigenvalue weighted by Gasteiger charge is -2.23. The summed E-state index contributed by atoms with van der Waals surface area (Å²) >= 11 is 1.87. The Kier molecular flexibility index (Phi) is 18.3. The van der Waals surface area contributed by atoms with Crippen molar-refractivity contribution in [1.82, 2.24) is 48.2 Å². The molecule has 0 unspecified atom stereocenters. The maximum absolute atomic E-state index is 6.31. The van der Waals surface area contributed by atoms with Crippen molar-refractivity contribution in [2.75, 3.05) is 0 Å². The molecule has 143 heavy (non-hydrogen) atoms. The molecule has 0 saturated heterocycles. The maximum Gasteiger partial charge on any atom is 0.231 e. The molecule has 0 atom stereocenters. The molecule has 19 aromatic carbocycles. The lowest BCUT2D eigenvalue weighted by molar-refractivity contribution is 0.653. The fourth-order valence-corrected chi connectivity index (χ4v) is 23.9. The van der Waals surface area contributed by atoms with E-state index in [1.54, 1.807) is 0 Å². The lowest BCUT2D eigenvalue weighted by atomic mass is 9.81. The van der Waals surface area contributed by atoms with Crippen LogP contribution in [0, 0.1) is 0 Å². The summed E-state index contributed by atoms with van der Waals surface area (Å²) in [6.07, 6.45) is 0. The van der Waals surface area contributed by atoms with Crippen LogP contribution in [-0.4, -0.2) is 48.2 Å². The fourth-order valence-electron chi connectivity index (χ4n) is 22.6. The number of rotatable bonds is 10. The van der Waals surface area contributed by atoms with Gasteiger partial charge in [0.2, 0.25) is 17.1 Å². The number of aromatic nitrogens is 10. The number of benzene rings is 19. The monoisotopic (exact) mass is 1850 g/mol. The van der Waals surface area contributed by atoms with Crippen molar-refractivity contribution in [3.05, 3.63) is 460 Å². The summed E-state index contributed by atoms with van der Waals surface area (Å²) in [7, 11) is 0. The van der Waals surface area contributed by atoms with Crippen molar-refractivity contribution in [2.45, 2.75) is 19.3 Å². The number of thiophene rings is 1. The number of furan rings is 3. The molecule has 0 radical (unpaired) electrons. The van der Waals surface area contributed by atoms with Gasteiger partial charge in [0, 0.05) is 136 Å². The van der Waals surface area contributed by atoms with E-state index in [4.69, 9.17) is 43.2 Å². The van der Waals surface area contributed by atoms with E-state index in [9.17, 15) is 0 Å². The SMILES string of the molecule is CC1(C)c2ccccc2-c2ccc3c4ccccc4n(-c4ccc(-c5nc(-c6ccccc6)nc6oc7ccccc7c56)cc4)c3c21.c1ccc(-c2nc(-c3ccc(-n4c5ccccc5c5ccc6c7ccccc7n(-c7ccccc7)c6c54)cc3)c3c(n2)oc2ccccc23)cc1.c1ccc(-c2nc(-c3ccc(-n4c5ccccc5c5ccc6c7ccccc7sc6c54)cc3)c3c(n2)oc2ccccc23)cc1. The number of hydrogen-bond donors (Lipinski definition) is 0. The van der Waals surface area contributed by atoms with E-state index in [-0.39, 0.29) is 5.41 Å². The molecule has 14 heteroatoms. The van der Waals surface area contributed by atoms with Gasteiger partial charge in [-0.3, -0.25) is 0 Å². The molecule has 11 heterocycles. The van der Waals surface area contributed by atoms with E-state index in [0.717, 1.165) is 128 Å². The third kappa shape index (κ3) is 12.7. The first-order valence-corrected chi connectivity index (χ1v) is 49.1. The van der Waals surface area contributed by atoms with Crippen molar-refractivity contribution in [3.8, 4) is 102 Å². The van der Waals surface area contributed by atoms with Gasteiger partial charge in [-0.2, -0.15) is 15.0 Å². The second-order valence-corrected chi connectivity index (χ2v) is 38.4. The molecule has 13 nitrogen and oxygen atoms in total. The minimum atomic E-state index is -0.139. The molecule has 0 aliphatic heterocycles. The van der Waals surface area contributed by atoms with E-state index in [1.165, 1.54) is 124 Å². The van der Waals surface area contributed by atoms with Gasteiger partial charge in [-0.05, 0) is 119 Å². The van der Waals surface area contributed by atoms with Crippen LogP contribution in [0.2, 0.25) is 0 Å². The highest BCUT2D eigenvalue weighted by Gasteiger charge is 2.39. The van der Waals surface area contributed by atoms with Crippen molar-refractivity contribution >= 4 is 185 Å². The Balaban J connectivity index is 0.000000102. The van der Waals surface area contributed by atoms with Crippen LogP contribution in [-0.2, 0) is 5.41 Å². The third-order valence-electron chi connectivity index (χ3n) is 29.0. The first-order chi connectivity index (χ1) is 70.7.